The average molecular weight is 738 g/mol. The molecule has 1 aliphatic heterocycles. The molecule has 0 N–H and O–H groups in total. The molecule has 0 spiro atoms. The minimum Gasteiger partial charge on any atom is -0.255 e. The molecule has 6 heteroatoms. The summed E-state index contributed by atoms with van der Waals surface area (Å²) in [5.74, 6) is 2.06. The van der Waals surface area contributed by atoms with Crippen LogP contribution in [0.3, 0.4) is 0 Å². The van der Waals surface area contributed by atoms with Gasteiger partial charge in [0.1, 0.15) is 0 Å². The van der Waals surface area contributed by atoms with Crippen molar-refractivity contribution in [3.63, 3.8) is 0 Å². The van der Waals surface area contributed by atoms with Crippen molar-refractivity contribution in [1.82, 2.24) is 24.9 Å². The molecule has 2 aliphatic rings. The summed E-state index contributed by atoms with van der Waals surface area (Å²) in [6, 6.07) is 59.3. The van der Waals surface area contributed by atoms with Gasteiger partial charge in [-0.3, -0.25) is 9.97 Å². The van der Waals surface area contributed by atoms with Crippen molar-refractivity contribution in [3.8, 4) is 45.6 Å². The van der Waals surface area contributed by atoms with Crippen LogP contribution in [0.4, 0.5) is 0 Å². The van der Waals surface area contributed by atoms with Crippen molar-refractivity contribution >= 4 is 11.8 Å². The van der Waals surface area contributed by atoms with Crippen LogP contribution >= 0.6 is 11.8 Å². The van der Waals surface area contributed by atoms with Crippen LogP contribution in [0.1, 0.15) is 34.6 Å². The van der Waals surface area contributed by atoms with E-state index in [9.17, 15) is 0 Å². The average Bonchev–Trinajstić information content (AvgIpc) is 3.29. The maximum absolute atomic E-state index is 5.14. The molecule has 0 amide bonds. The van der Waals surface area contributed by atoms with Crippen LogP contribution in [0.25, 0.3) is 45.6 Å². The van der Waals surface area contributed by atoms with Crippen LogP contribution in [0.15, 0.2) is 210 Å². The van der Waals surface area contributed by atoms with Gasteiger partial charge in [-0.05, 0) is 70.6 Å². The summed E-state index contributed by atoms with van der Waals surface area (Å²) in [5, 5.41) is 0. The van der Waals surface area contributed by atoms with Crippen molar-refractivity contribution in [2.45, 2.75) is 22.6 Å². The zero-order chi connectivity index (χ0) is 37.3. The van der Waals surface area contributed by atoms with Crippen LogP contribution in [-0.4, -0.2) is 24.9 Å². The lowest BCUT2D eigenvalue weighted by Crippen LogP contribution is -2.36. The molecule has 5 aromatic carbocycles. The normalized spacial score (nSPS) is 15.5. The van der Waals surface area contributed by atoms with Crippen molar-refractivity contribution in [2.75, 3.05) is 0 Å². The predicted molar refractivity (Wildman–Crippen MR) is 226 cm³/mol. The summed E-state index contributed by atoms with van der Waals surface area (Å²) < 4.78 is 0. The van der Waals surface area contributed by atoms with E-state index in [-0.39, 0.29) is 5.92 Å². The number of allylic oxidation sites excluding steroid dienone is 3. The molecule has 3 aromatic heterocycles. The summed E-state index contributed by atoms with van der Waals surface area (Å²) in [5.41, 5.74) is 10.1. The monoisotopic (exact) mass is 737 g/mol. The fourth-order valence-electron chi connectivity index (χ4n) is 8.08. The van der Waals surface area contributed by atoms with E-state index in [1.807, 2.05) is 78.8 Å². The third-order valence-corrected chi connectivity index (χ3v) is 11.9. The maximum Gasteiger partial charge on any atom is 0.164 e. The van der Waals surface area contributed by atoms with Gasteiger partial charge in [-0.25, -0.2) is 15.0 Å². The largest absolute Gasteiger partial charge is 0.255 e. The first-order valence-electron chi connectivity index (χ1n) is 18.8. The van der Waals surface area contributed by atoms with E-state index < -0.39 is 5.41 Å². The Balaban J connectivity index is 1.20. The maximum atomic E-state index is 5.14. The molecule has 1 atom stereocenters. The third kappa shape index (κ3) is 6.05. The second kappa shape index (κ2) is 14.5. The van der Waals surface area contributed by atoms with Crippen molar-refractivity contribution in [3.05, 3.63) is 227 Å². The number of rotatable bonds is 7. The molecule has 1 unspecified atom stereocenters. The van der Waals surface area contributed by atoms with E-state index in [2.05, 4.69) is 132 Å². The summed E-state index contributed by atoms with van der Waals surface area (Å²) in [7, 11) is 0. The standard InChI is InChI=1S/C50H35N5S/c1-5-15-34(16-6-1)47-53-48(35-17-7-2-8-18-35)55-49(54-47)38-25-27-46-42(32-38)50(39-19-9-3-10-20-39,40-21-11-4-12-22-40)41-31-36(24-26-45(41)56-46)37-28-30-52-44(33-37)43-23-13-14-29-51-43/h1-23,25-33,36H,24H2. The van der Waals surface area contributed by atoms with Gasteiger partial charge in [0.05, 0.1) is 16.8 Å². The van der Waals surface area contributed by atoms with Gasteiger partial charge in [0, 0.05) is 44.8 Å². The second-order valence-electron chi connectivity index (χ2n) is 14.0. The molecule has 56 heavy (non-hydrogen) atoms. The Morgan fingerprint density at radius 1 is 0.500 bits per heavy atom. The van der Waals surface area contributed by atoms with Crippen molar-refractivity contribution in [2.24, 2.45) is 0 Å². The van der Waals surface area contributed by atoms with E-state index >= 15 is 0 Å². The number of hydrogen-bond acceptors (Lipinski definition) is 6. The van der Waals surface area contributed by atoms with Crippen LogP contribution in [0.2, 0.25) is 0 Å². The van der Waals surface area contributed by atoms with Crippen LogP contribution < -0.4 is 0 Å². The molecule has 0 fully saturated rings. The molecule has 5 nitrogen and oxygen atoms in total. The van der Waals surface area contributed by atoms with Crippen LogP contribution in [0.5, 0.6) is 0 Å². The fourth-order valence-corrected chi connectivity index (χ4v) is 9.29. The highest BCUT2D eigenvalue weighted by Gasteiger charge is 2.47. The van der Waals surface area contributed by atoms with Gasteiger partial charge >= 0.3 is 0 Å². The SMILES string of the molecule is C1=C2Sc3ccc(-c4nc(-c5ccccc5)nc(-c5ccccc5)n4)cc3C(c3ccccc3)(c3ccccc3)C2=CC(c2ccnc(-c3ccccn3)c2)C1. The third-order valence-electron chi connectivity index (χ3n) is 10.7. The number of benzene rings is 5. The molecule has 0 saturated heterocycles. The smallest absolute Gasteiger partial charge is 0.164 e. The van der Waals surface area contributed by atoms with E-state index in [1.54, 1.807) is 0 Å². The van der Waals surface area contributed by atoms with Crippen molar-refractivity contribution in [1.29, 1.82) is 0 Å². The first-order valence-corrected chi connectivity index (χ1v) is 19.7. The molecule has 0 saturated carbocycles. The highest BCUT2D eigenvalue weighted by atomic mass is 32.2. The minimum atomic E-state index is -0.627. The van der Waals surface area contributed by atoms with Crippen LogP contribution in [0, 0.1) is 0 Å². The molecule has 1 aliphatic carbocycles. The number of hydrogen-bond donors (Lipinski definition) is 0. The van der Waals surface area contributed by atoms with Crippen LogP contribution in [-0.2, 0) is 5.41 Å². The molecule has 10 rings (SSSR count). The second-order valence-corrected chi connectivity index (χ2v) is 15.1. The van der Waals surface area contributed by atoms with Gasteiger partial charge < -0.3 is 0 Å². The lowest BCUT2D eigenvalue weighted by atomic mass is 9.62. The topological polar surface area (TPSA) is 64.5 Å². The Kier molecular flexibility index (Phi) is 8.73. The highest BCUT2D eigenvalue weighted by Crippen LogP contribution is 2.60. The van der Waals surface area contributed by atoms with E-state index in [4.69, 9.17) is 19.9 Å². The highest BCUT2D eigenvalue weighted by molar-refractivity contribution is 8.03. The van der Waals surface area contributed by atoms with Gasteiger partial charge in [-0.15, -0.1) is 0 Å². The molecule has 266 valence electrons. The van der Waals surface area contributed by atoms with E-state index in [1.165, 1.54) is 37.6 Å². The summed E-state index contributed by atoms with van der Waals surface area (Å²) in [6.45, 7) is 0. The first-order chi connectivity index (χ1) is 27.7. The van der Waals surface area contributed by atoms with E-state index in [0.717, 1.165) is 34.5 Å². The number of fused-ring (bicyclic) bond motifs is 2. The number of thioether (sulfide) groups is 1. The van der Waals surface area contributed by atoms with Gasteiger partial charge in [-0.1, -0.05) is 157 Å². The summed E-state index contributed by atoms with van der Waals surface area (Å²) >= 11 is 1.85. The molecule has 0 radical (unpaired) electrons. The lowest BCUT2D eigenvalue weighted by Gasteiger charge is -2.45. The molecule has 8 aromatic rings. The van der Waals surface area contributed by atoms with E-state index in [0.29, 0.717) is 17.5 Å². The molecule has 4 heterocycles. The first kappa shape index (κ1) is 33.8. The molecular formula is C50H35N5S. The summed E-state index contributed by atoms with van der Waals surface area (Å²) in [4.78, 5) is 27.1. The minimum absolute atomic E-state index is 0.140. The van der Waals surface area contributed by atoms with Crippen molar-refractivity contribution < 1.29 is 0 Å². The number of pyridine rings is 2. The Hall–Kier alpha value is -6.76. The number of aromatic nitrogens is 5. The van der Waals surface area contributed by atoms with Gasteiger partial charge in [0.15, 0.2) is 17.5 Å². The predicted octanol–water partition coefficient (Wildman–Crippen LogP) is 11.8. The lowest BCUT2D eigenvalue weighted by molar-refractivity contribution is 0.691. The van der Waals surface area contributed by atoms with Gasteiger partial charge in [0.2, 0.25) is 0 Å². The zero-order valence-corrected chi connectivity index (χ0v) is 31.2. The summed E-state index contributed by atoms with van der Waals surface area (Å²) in [6.07, 6.45) is 9.58. The Morgan fingerprint density at radius 3 is 1.68 bits per heavy atom. The Bertz CT molecular complexity index is 2640. The van der Waals surface area contributed by atoms with Gasteiger partial charge in [0.25, 0.3) is 0 Å². The molecular weight excluding hydrogens is 703 g/mol. The number of nitrogens with zero attached hydrogens (tertiary/aromatic N) is 5. The zero-order valence-electron chi connectivity index (χ0n) is 30.4. The van der Waals surface area contributed by atoms with Gasteiger partial charge in [-0.2, -0.15) is 0 Å². The fraction of sp³-hybridized carbons (Fsp3) is 0.0600. The quantitative estimate of drug-likeness (QED) is 0.162. The molecule has 0 bridgehead atoms. The Morgan fingerprint density at radius 2 is 1.07 bits per heavy atom. The Labute approximate surface area is 330 Å².